The fourth-order valence-corrected chi connectivity index (χ4v) is 2.27. The van der Waals surface area contributed by atoms with Crippen molar-refractivity contribution >= 4 is 6.03 Å². The van der Waals surface area contributed by atoms with Crippen LogP contribution in [0.2, 0.25) is 0 Å². The number of ether oxygens (including phenoxy) is 2. The van der Waals surface area contributed by atoms with Crippen molar-refractivity contribution < 1.29 is 19.4 Å². The van der Waals surface area contributed by atoms with Crippen LogP contribution >= 0.6 is 0 Å². The van der Waals surface area contributed by atoms with Crippen LogP contribution in [0.25, 0.3) is 0 Å². The van der Waals surface area contributed by atoms with Crippen LogP contribution in [0.3, 0.4) is 0 Å². The standard InChI is InChI=1S/C18H23N3O4/c1-12-7-8-14(17(21-12)25-3)10-19-18(23)20-11-16(22)13-5-4-6-15(9-13)24-2/h4-9,16,22H,10-11H2,1-3H3,(H2,19,20,23)/t16-/m1/s1. The Morgan fingerprint density at radius 3 is 2.72 bits per heavy atom. The van der Waals surface area contributed by atoms with E-state index in [1.54, 1.807) is 31.4 Å². The highest BCUT2D eigenvalue weighted by atomic mass is 16.5. The van der Waals surface area contributed by atoms with Crippen molar-refractivity contribution in [2.24, 2.45) is 0 Å². The molecule has 0 aliphatic carbocycles. The van der Waals surface area contributed by atoms with Gasteiger partial charge in [-0.25, -0.2) is 9.78 Å². The van der Waals surface area contributed by atoms with Crippen molar-refractivity contribution in [3.8, 4) is 11.6 Å². The highest BCUT2D eigenvalue weighted by molar-refractivity contribution is 5.73. The minimum Gasteiger partial charge on any atom is -0.497 e. The number of methoxy groups -OCH3 is 2. The van der Waals surface area contributed by atoms with Gasteiger partial charge in [0.1, 0.15) is 5.75 Å². The van der Waals surface area contributed by atoms with E-state index < -0.39 is 6.10 Å². The first-order valence-electron chi connectivity index (χ1n) is 7.87. The maximum Gasteiger partial charge on any atom is 0.315 e. The lowest BCUT2D eigenvalue weighted by Crippen LogP contribution is -2.37. The molecule has 2 aromatic rings. The lowest BCUT2D eigenvalue weighted by molar-refractivity contribution is 0.172. The molecule has 1 atom stereocenters. The number of aryl methyl sites for hydroxylation is 1. The third kappa shape index (κ3) is 5.36. The fraction of sp³-hybridized carbons (Fsp3) is 0.333. The van der Waals surface area contributed by atoms with Gasteiger partial charge in [0.05, 0.1) is 20.3 Å². The molecule has 7 heteroatoms. The Hall–Kier alpha value is -2.80. The van der Waals surface area contributed by atoms with E-state index in [0.717, 1.165) is 11.3 Å². The first-order valence-corrected chi connectivity index (χ1v) is 7.87. The lowest BCUT2D eigenvalue weighted by Gasteiger charge is -2.14. The Labute approximate surface area is 147 Å². The first-order chi connectivity index (χ1) is 12.0. The number of hydrogen-bond donors (Lipinski definition) is 3. The predicted molar refractivity (Wildman–Crippen MR) is 93.7 cm³/mol. The van der Waals surface area contributed by atoms with Gasteiger partial charge in [-0.2, -0.15) is 0 Å². The number of amides is 2. The van der Waals surface area contributed by atoms with E-state index in [1.807, 2.05) is 19.1 Å². The van der Waals surface area contributed by atoms with E-state index in [4.69, 9.17) is 9.47 Å². The number of benzene rings is 1. The van der Waals surface area contributed by atoms with Gasteiger partial charge in [-0.05, 0) is 30.7 Å². The molecule has 0 aliphatic rings. The molecule has 0 radical (unpaired) electrons. The van der Waals surface area contributed by atoms with Gasteiger partial charge in [0.2, 0.25) is 5.88 Å². The van der Waals surface area contributed by atoms with Gasteiger partial charge in [0.15, 0.2) is 0 Å². The Kier molecular flexibility index (Phi) is 6.59. The number of aromatic nitrogens is 1. The lowest BCUT2D eigenvalue weighted by atomic mass is 10.1. The van der Waals surface area contributed by atoms with Gasteiger partial charge in [-0.15, -0.1) is 0 Å². The second-order valence-electron chi connectivity index (χ2n) is 5.48. The van der Waals surface area contributed by atoms with Crippen molar-refractivity contribution in [2.45, 2.75) is 19.6 Å². The van der Waals surface area contributed by atoms with Gasteiger partial charge in [0.25, 0.3) is 0 Å². The van der Waals surface area contributed by atoms with Crippen LogP contribution in [0, 0.1) is 6.92 Å². The quantitative estimate of drug-likeness (QED) is 0.713. The smallest absolute Gasteiger partial charge is 0.315 e. The van der Waals surface area contributed by atoms with E-state index >= 15 is 0 Å². The molecule has 2 amide bonds. The highest BCUT2D eigenvalue weighted by Gasteiger charge is 2.11. The zero-order chi connectivity index (χ0) is 18.2. The summed E-state index contributed by atoms with van der Waals surface area (Å²) in [6.45, 7) is 2.23. The number of rotatable bonds is 7. The molecule has 1 heterocycles. The molecule has 0 bridgehead atoms. The second-order valence-corrected chi connectivity index (χ2v) is 5.48. The van der Waals surface area contributed by atoms with Crippen LogP contribution in [0.15, 0.2) is 36.4 Å². The molecular formula is C18H23N3O4. The molecule has 25 heavy (non-hydrogen) atoms. The number of nitrogens with one attached hydrogen (secondary N) is 2. The Balaban J connectivity index is 1.84. The minimum atomic E-state index is -0.823. The first kappa shape index (κ1) is 18.5. The van der Waals surface area contributed by atoms with Crippen LogP contribution in [-0.4, -0.2) is 36.9 Å². The maximum absolute atomic E-state index is 11.9. The monoisotopic (exact) mass is 345 g/mol. The summed E-state index contributed by atoms with van der Waals surface area (Å²) in [4.78, 5) is 16.2. The topological polar surface area (TPSA) is 92.7 Å². The number of aliphatic hydroxyl groups excluding tert-OH is 1. The van der Waals surface area contributed by atoms with Crippen LogP contribution < -0.4 is 20.1 Å². The number of hydrogen-bond acceptors (Lipinski definition) is 5. The molecule has 0 spiro atoms. The average Bonchev–Trinajstić information content (AvgIpc) is 2.64. The third-order valence-corrected chi connectivity index (χ3v) is 3.65. The number of pyridine rings is 1. The normalized spacial score (nSPS) is 11.5. The summed E-state index contributed by atoms with van der Waals surface area (Å²) in [5.41, 5.74) is 2.28. The van der Waals surface area contributed by atoms with Gasteiger partial charge in [0, 0.05) is 24.3 Å². The van der Waals surface area contributed by atoms with E-state index in [-0.39, 0.29) is 19.1 Å². The molecule has 7 nitrogen and oxygen atoms in total. The summed E-state index contributed by atoms with van der Waals surface area (Å²) in [6, 6.07) is 10.4. The predicted octanol–water partition coefficient (Wildman–Crippen LogP) is 1.94. The van der Waals surface area contributed by atoms with E-state index in [9.17, 15) is 9.90 Å². The van der Waals surface area contributed by atoms with Crippen LogP contribution in [0.5, 0.6) is 11.6 Å². The summed E-state index contributed by atoms with van der Waals surface area (Å²) in [7, 11) is 3.10. The molecule has 3 N–H and O–H groups in total. The summed E-state index contributed by atoms with van der Waals surface area (Å²) in [6.07, 6.45) is -0.823. The molecule has 1 aromatic carbocycles. The largest absolute Gasteiger partial charge is 0.497 e. The summed E-state index contributed by atoms with van der Waals surface area (Å²) in [5.74, 6) is 1.14. The summed E-state index contributed by atoms with van der Waals surface area (Å²) >= 11 is 0. The zero-order valence-corrected chi connectivity index (χ0v) is 14.6. The van der Waals surface area contributed by atoms with Gasteiger partial charge in [-0.1, -0.05) is 18.2 Å². The molecule has 0 saturated carbocycles. The van der Waals surface area contributed by atoms with E-state index in [1.165, 1.54) is 7.11 Å². The Morgan fingerprint density at radius 2 is 2.00 bits per heavy atom. The van der Waals surface area contributed by atoms with E-state index in [2.05, 4.69) is 15.6 Å². The van der Waals surface area contributed by atoms with Crippen molar-refractivity contribution in [1.29, 1.82) is 0 Å². The minimum absolute atomic E-state index is 0.0856. The van der Waals surface area contributed by atoms with Crippen LogP contribution in [-0.2, 0) is 6.54 Å². The SMILES string of the molecule is COc1cccc([C@H](O)CNC(=O)NCc2ccc(C)nc2OC)c1. The van der Waals surface area contributed by atoms with Crippen molar-refractivity contribution in [2.75, 3.05) is 20.8 Å². The van der Waals surface area contributed by atoms with Crippen molar-refractivity contribution in [3.63, 3.8) is 0 Å². The van der Waals surface area contributed by atoms with Crippen molar-refractivity contribution in [1.82, 2.24) is 15.6 Å². The summed E-state index contributed by atoms with van der Waals surface area (Å²) < 4.78 is 10.3. The molecular weight excluding hydrogens is 322 g/mol. The number of aliphatic hydroxyl groups is 1. The summed E-state index contributed by atoms with van der Waals surface area (Å²) in [5, 5.41) is 15.5. The molecule has 0 aliphatic heterocycles. The molecule has 1 aromatic heterocycles. The average molecular weight is 345 g/mol. The fourth-order valence-electron chi connectivity index (χ4n) is 2.27. The molecule has 0 unspecified atom stereocenters. The van der Waals surface area contributed by atoms with Gasteiger partial charge in [-0.3, -0.25) is 0 Å². The van der Waals surface area contributed by atoms with Crippen molar-refractivity contribution in [3.05, 3.63) is 53.2 Å². The number of carbonyl (C=O) groups is 1. The molecule has 0 fully saturated rings. The third-order valence-electron chi connectivity index (χ3n) is 3.65. The second kappa shape index (κ2) is 8.89. The highest BCUT2D eigenvalue weighted by Crippen LogP contribution is 2.18. The number of carbonyl (C=O) groups excluding carboxylic acids is 1. The van der Waals surface area contributed by atoms with Crippen LogP contribution in [0.1, 0.15) is 22.9 Å². The van der Waals surface area contributed by atoms with E-state index in [0.29, 0.717) is 17.2 Å². The maximum atomic E-state index is 11.9. The molecule has 134 valence electrons. The molecule has 0 saturated heterocycles. The Bertz CT molecular complexity index is 721. The zero-order valence-electron chi connectivity index (χ0n) is 14.6. The number of nitrogens with zero attached hydrogens (tertiary/aromatic N) is 1. The van der Waals surface area contributed by atoms with Gasteiger partial charge < -0.3 is 25.2 Å². The Morgan fingerprint density at radius 1 is 1.20 bits per heavy atom. The molecule has 2 rings (SSSR count). The number of urea groups is 1. The van der Waals surface area contributed by atoms with Gasteiger partial charge >= 0.3 is 6.03 Å². The van der Waals surface area contributed by atoms with Crippen LogP contribution in [0.4, 0.5) is 4.79 Å².